The predicted molar refractivity (Wildman–Crippen MR) is 108 cm³/mol. The zero-order valence-corrected chi connectivity index (χ0v) is 16.0. The number of pyridine rings is 1. The topological polar surface area (TPSA) is 184 Å². The van der Waals surface area contributed by atoms with Crippen LogP contribution in [0.25, 0.3) is 0 Å². The summed E-state index contributed by atoms with van der Waals surface area (Å²) in [4.78, 5) is 20.2. The highest BCUT2D eigenvalue weighted by atomic mass is 16.6. The Morgan fingerprint density at radius 1 is 1.37 bits per heavy atom. The van der Waals surface area contributed by atoms with E-state index in [9.17, 15) is 10.1 Å². The van der Waals surface area contributed by atoms with Crippen LogP contribution in [0.5, 0.6) is 5.75 Å². The van der Waals surface area contributed by atoms with E-state index < -0.39 is 12.0 Å². The first-order valence-corrected chi connectivity index (χ1v) is 8.85. The van der Waals surface area contributed by atoms with Gasteiger partial charge in [0.15, 0.2) is 12.8 Å². The van der Waals surface area contributed by atoms with E-state index in [-0.39, 0.29) is 42.1 Å². The summed E-state index contributed by atoms with van der Waals surface area (Å²) in [5.74, 6) is 0.303. The van der Waals surface area contributed by atoms with E-state index in [0.29, 0.717) is 16.9 Å². The number of aromatic nitrogens is 1. The second-order valence-corrected chi connectivity index (χ2v) is 6.07. The van der Waals surface area contributed by atoms with E-state index in [4.69, 9.17) is 26.2 Å². The quantitative estimate of drug-likeness (QED) is 0.317. The first-order chi connectivity index (χ1) is 14.5. The molecule has 11 heteroatoms. The van der Waals surface area contributed by atoms with Crippen LogP contribution in [0.4, 0.5) is 17.3 Å². The van der Waals surface area contributed by atoms with Crippen molar-refractivity contribution in [1.82, 2.24) is 10.3 Å². The number of nitrogen functional groups attached to an aromatic ring is 2. The molecule has 1 atom stereocenters. The summed E-state index contributed by atoms with van der Waals surface area (Å²) in [6, 6.07) is 8.08. The van der Waals surface area contributed by atoms with Crippen LogP contribution in [0.2, 0.25) is 0 Å². The smallest absolute Gasteiger partial charge is 0.344 e. The molecule has 0 saturated carbocycles. The molecular formula is C19H18N8O3. The van der Waals surface area contributed by atoms with Gasteiger partial charge in [-0.3, -0.25) is 5.32 Å². The number of hydrogen-bond acceptors (Lipinski definition) is 11. The highest BCUT2D eigenvalue weighted by molar-refractivity contribution is 5.98. The number of anilines is 3. The van der Waals surface area contributed by atoms with E-state index >= 15 is 0 Å². The highest BCUT2D eigenvalue weighted by Gasteiger charge is 2.29. The van der Waals surface area contributed by atoms with Crippen LogP contribution >= 0.6 is 0 Å². The largest absolute Gasteiger partial charge is 0.482 e. The van der Waals surface area contributed by atoms with Crippen molar-refractivity contribution in [1.29, 1.82) is 10.5 Å². The maximum atomic E-state index is 11.5. The molecule has 3 rings (SSSR count). The van der Waals surface area contributed by atoms with Crippen LogP contribution in [0.1, 0.15) is 29.7 Å². The number of esters is 1. The molecule has 2 aromatic rings. The van der Waals surface area contributed by atoms with Gasteiger partial charge in [-0.2, -0.15) is 10.5 Å². The Hall–Kier alpha value is -4.51. The molecule has 1 aromatic carbocycles. The van der Waals surface area contributed by atoms with Crippen molar-refractivity contribution in [3.63, 3.8) is 0 Å². The summed E-state index contributed by atoms with van der Waals surface area (Å²) in [6.45, 7) is 1.72. The van der Waals surface area contributed by atoms with Gasteiger partial charge in [0.25, 0.3) is 0 Å². The van der Waals surface area contributed by atoms with Gasteiger partial charge in [-0.05, 0) is 24.6 Å². The second kappa shape index (κ2) is 8.67. The van der Waals surface area contributed by atoms with Gasteiger partial charge < -0.3 is 26.3 Å². The van der Waals surface area contributed by atoms with Crippen molar-refractivity contribution in [2.24, 2.45) is 4.99 Å². The molecule has 1 aliphatic heterocycles. The molecule has 0 fully saturated rings. The minimum Gasteiger partial charge on any atom is -0.482 e. The van der Waals surface area contributed by atoms with Gasteiger partial charge in [-0.1, -0.05) is 12.1 Å². The second-order valence-electron chi connectivity index (χ2n) is 6.07. The Kier molecular flexibility index (Phi) is 5.84. The molecule has 11 nitrogen and oxygen atoms in total. The number of fused-ring (bicyclic) bond motifs is 1. The molecule has 1 unspecified atom stereocenters. The lowest BCUT2D eigenvalue weighted by Crippen LogP contribution is -2.32. The van der Waals surface area contributed by atoms with Gasteiger partial charge in [-0.25, -0.2) is 14.8 Å². The summed E-state index contributed by atoms with van der Waals surface area (Å²) < 4.78 is 10.3. The third-order valence-electron chi connectivity index (χ3n) is 4.19. The van der Waals surface area contributed by atoms with Crippen LogP contribution in [0, 0.1) is 22.8 Å². The number of nitrogens with zero attached hydrogens (tertiary/aromatic N) is 4. The minimum absolute atomic E-state index is 0.0373. The van der Waals surface area contributed by atoms with Crippen LogP contribution < -0.4 is 26.8 Å². The molecule has 0 saturated heterocycles. The predicted octanol–water partition coefficient (Wildman–Crippen LogP) is 1.00. The molecule has 0 spiro atoms. The van der Waals surface area contributed by atoms with Gasteiger partial charge in [0, 0.05) is 5.56 Å². The van der Waals surface area contributed by atoms with Gasteiger partial charge >= 0.3 is 5.97 Å². The third-order valence-corrected chi connectivity index (χ3v) is 4.19. The van der Waals surface area contributed by atoms with Crippen molar-refractivity contribution in [3.05, 3.63) is 41.0 Å². The average Bonchev–Trinajstić information content (AvgIpc) is 2.72. The Morgan fingerprint density at radius 2 is 2.17 bits per heavy atom. The number of nitriles is 2. The van der Waals surface area contributed by atoms with E-state index in [1.807, 2.05) is 6.07 Å². The molecule has 0 aliphatic carbocycles. The van der Waals surface area contributed by atoms with Gasteiger partial charge in [0.1, 0.15) is 35.1 Å². The summed E-state index contributed by atoms with van der Waals surface area (Å²) >= 11 is 0. The van der Waals surface area contributed by atoms with E-state index in [2.05, 4.69) is 20.6 Å². The zero-order chi connectivity index (χ0) is 21.7. The maximum absolute atomic E-state index is 11.5. The fourth-order valence-corrected chi connectivity index (χ4v) is 2.94. The van der Waals surface area contributed by atoms with Crippen molar-refractivity contribution in [2.75, 3.05) is 30.0 Å². The fraction of sp³-hybridized carbons (Fsp3) is 0.211. The zero-order valence-electron chi connectivity index (χ0n) is 16.0. The Balaban J connectivity index is 2.03. The molecule has 0 radical (unpaired) electrons. The number of nitrogens with one attached hydrogen (secondary N) is 2. The monoisotopic (exact) mass is 406 g/mol. The Labute approximate surface area is 171 Å². The summed E-state index contributed by atoms with van der Waals surface area (Å²) in [5.41, 5.74) is 13.3. The SMILES string of the molecule is CCOC(=O)COc1cccc(C2N=C(NC#N)Nc3nc(N)c(C#N)c(N)c32)c1. The number of carbonyl (C=O) groups is 1. The summed E-state index contributed by atoms with van der Waals surface area (Å²) in [5, 5.41) is 23.6. The number of rotatable bonds is 5. The number of guanidine groups is 1. The molecule has 0 amide bonds. The average molecular weight is 406 g/mol. The number of nitrogens with two attached hydrogens (primary N) is 2. The molecule has 1 aliphatic rings. The summed E-state index contributed by atoms with van der Waals surface area (Å²) in [7, 11) is 0. The lowest BCUT2D eigenvalue weighted by molar-refractivity contribution is -0.145. The molecule has 2 heterocycles. The van der Waals surface area contributed by atoms with Crippen molar-refractivity contribution < 1.29 is 14.3 Å². The normalized spacial score (nSPS) is 14.2. The Morgan fingerprint density at radius 3 is 2.87 bits per heavy atom. The number of aliphatic imine (C=N–C) groups is 1. The van der Waals surface area contributed by atoms with E-state index in [0.717, 1.165) is 0 Å². The van der Waals surface area contributed by atoms with Gasteiger partial charge in [-0.15, -0.1) is 0 Å². The first-order valence-electron chi connectivity index (χ1n) is 8.85. The lowest BCUT2D eigenvalue weighted by atomic mass is 9.95. The standard InChI is InChI=1S/C19H18N8O3/c1-2-29-13(28)8-30-11-5-3-4-10(6-11)16-14-15(22)12(7-20)17(23)26-18(14)27-19(25-16)24-9-21/h3-6,16H,2,8H2,1H3,(H6,22,23,24,25,26,27). The highest BCUT2D eigenvalue weighted by Crippen LogP contribution is 2.41. The maximum Gasteiger partial charge on any atom is 0.344 e. The number of hydrogen-bond donors (Lipinski definition) is 4. The number of benzene rings is 1. The van der Waals surface area contributed by atoms with Gasteiger partial charge in [0.05, 0.1) is 12.3 Å². The Bertz CT molecular complexity index is 1100. The van der Waals surface area contributed by atoms with Crippen LogP contribution in [-0.2, 0) is 9.53 Å². The first kappa shape index (κ1) is 20.2. The third kappa shape index (κ3) is 4.00. The van der Waals surface area contributed by atoms with Gasteiger partial charge in [0.2, 0.25) is 5.96 Å². The molecule has 1 aromatic heterocycles. The molecule has 152 valence electrons. The van der Waals surface area contributed by atoms with Crippen molar-refractivity contribution in [2.45, 2.75) is 13.0 Å². The number of carbonyl (C=O) groups excluding carboxylic acids is 1. The van der Waals surface area contributed by atoms with Crippen LogP contribution in [0.3, 0.4) is 0 Å². The van der Waals surface area contributed by atoms with E-state index in [1.54, 1.807) is 37.4 Å². The lowest BCUT2D eigenvalue weighted by Gasteiger charge is -2.26. The molecule has 30 heavy (non-hydrogen) atoms. The van der Waals surface area contributed by atoms with Crippen molar-refractivity contribution >= 4 is 29.3 Å². The molecule has 6 N–H and O–H groups in total. The minimum atomic E-state index is -0.705. The number of ether oxygens (including phenoxy) is 2. The van der Waals surface area contributed by atoms with E-state index in [1.165, 1.54) is 0 Å². The summed E-state index contributed by atoms with van der Waals surface area (Å²) in [6.07, 6.45) is 1.79. The van der Waals surface area contributed by atoms with Crippen LogP contribution in [-0.4, -0.2) is 30.1 Å². The van der Waals surface area contributed by atoms with Crippen molar-refractivity contribution in [3.8, 4) is 18.0 Å². The van der Waals surface area contributed by atoms with Crippen LogP contribution in [0.15, 0.2) is 29.3 Å². The fourth-order valence-electron chi connectivity index (χ4n) is 2.94. The molecule has 0 bridgehead atoms. The molecular weight excluding hydrogens is 388 g/mol.